The Labute approximate surface area is 89.3 Å². The van der Waals surface area contributed by atoms with Gasteiger partial charge in [-0.05, 0) is 19.8 Å². The summed E-state index contributed by atoms with van der Waals surface area (Å²) in [6, 6.07) is 0.494. The van der Waals surface area contributed by atoms with Crippen LogP contribution in [0.2, 0.25) is 0 Å². The van der Waals surface area contributed by atoms with Crippen molar-refractivity contribution in [1.82, 2.24) is 9.97 Å². The Morgan fingerprint density at radius 2 is 2.33 bits per heavy atom. The van der Waals surface area contributed by atoms with Crippen molar-refractivity contribution >= 4 is 11.6 Å². The lowest BCUT2D eigenvalue weighted by atomic mass is 10.2. The first-order valence-corrected chi connectivity index (χ1v) is 5.15. The molecule has 5 nitrogen and oxygen atoms in total. The maximum Gasteiger partial charge on any atom is 0.204 e. The highest BCUT2D eigenvalue weighted by molar-refractivity contribution is 5.63. The first kappa shape index (κ1) is 10.0. The van der Waals surface area contributed by atoms with Crippen LogP contribution in [0.15, 0.2) is 6.33 Å². The van der Waals surface area contributed by atoms with Crippen LogP contribution in [0.25, 0.3) is 0 Å². The summed E-state index contributed by atoms with van der Waals surface area (Å²) in [5, 5.41) is 0. The van der Waals surface area contributed by atoms with Crippen molar-refractivity contribution in [3.8, 4) is 5.75 Å². The van der Waals surface area contributed by atoms with E-state index in [-0.39, 0.29) is 0 Å². The van der Waals surface area contributed by atoms with Gasteiger partial charge in [0.15, 0.2) is 11.6 Å². The van der Waals surface area contributed by atoms with E-state index in [0.717, 1.165) is 12.4 Å². The minimum Gasteiger partial charge on any atom is -0.490 e. The first-order chi connectivity index (χ1) is 7.24. The van der Waals surface area contributed by atoms with Crippen LogP contribution in [-0.4, -0.2) is 29.7 Å². The molecule has 0 bridgehead atoms. The molecule has 0 spiro atoms. The van der Waals surface area contributed by atoms with Gasteiger partial charge in [0.05, 0.1) is 7.11 Å². The predicted molar refractivity (Wildman–Crippen MR) is 59.0 cm³/mol. The minimum atomic E-state index is 0.404. The summed E-state index contributed by atoms with van der Waals surface area (Å²) in [5.74, 6) is 1.81. The van der Waals surface area contributed by atoms with Crippen molar-refractivity contribution in [3.05, 3.63) is 6.33 Å². The molecule has 2 heterocycles. The molecule has 0 saturated carbocycles. The molecule has 1 aliphatic rings. The third-order valence-electron chi connectivity index (χ3n) is 2.84. The lowest BCUT2D eigenvalue weighted by molar-refractivity contribution is 0.412. The van der Waals surface area contributed by atoms with Gasteiger partial charge in [-0.25, -0.2) is 9.97 Å². The van der Waals surface area contributed by atoms with E-state index in [0.29, 0.717) is 17.6 Å². The third kappa shape index (κ3) is 1.69. The van der Waals surface area contributed by atoms with Gasteiger partial charge in [0.25, 0.3) is 0 Å². The maximum atomic E-state index is 5.74. The van der Waals surface area contributed by atoms with Crippen LogP contribution < -0.4 is 15.4 Å². The lowest BCUT2D eigenvalue weighted by Crippen LogP contribution is -2.28. The third-order valence-corrected chi connectivity index (χ3v) is 2.84. The average Bonchev–Trinajstić information content (AvgIpc) is 2.64. The minimum absolute atomic E-state index is 0.404. The van der Waals surface area contributed by atoms with E-state index in [4.69, 9.17) is 10.5 Å². The lowest BCUT2D eigenvalue weighted by Gasteiger charge is -2.24. The molecule has 1 saturated heterocycles. The van der Waals surface area contributed by atoms with E-state index in [1.54, 1.807) is 7.11 Å². The zero-order valence-corrected chi connectivity index (χ0v) is 9.10. The van der Waals surface area contributed by atoms with E-state index in [9.17, 15) is 0 Å². The van der Waals surface area contributed by atoms with Crippen LogP contribution in [0.3, 0.4) is 0 Å². The fourth-order valence-corrected chi connectivity index (χ4v) is 2.03. The molecule has 1 aromatic heterocycles. The molecule has 0 aromatic carbocycles. The monoisotopic (exact) mass is 208 g/mol. The Morgan fingerprint density at radius 3 is 2.93 bits per heavy atom. The van der Waals surface area contributed by atoms with Crippen molar-refractivity contribution in [2.45, 2.75) is 25.8 Å². The fraction of sp³-hybridized carbons (Fsp3) is 0.600. The van der Waals surface area contributed by atoms with Gasteiger partial charge < -0.3 is 15.4 Å². The molecule has 1 fully saturated rings. The maximum absolute atomic E-state index is 5.74. The summed E-state index contributed by atoms with van der Waals surface area (Å²) in [4.78, 5) is 10.4. The second-order valence-electron chi connectivity index (χ2n) is 3.80. The molecule has 1 aromatic rings. The number of aromatic nitrogens is 2. The number of nitrogens with zero attached hydrogens (tertiary/aromatic N) is 3. The molecular weight excluding hydrogens is 192 g/mol. The van der Waals surface area contributed by atoms with Crippen molar-refractivity contribution < 1.29 is 4.74 Å². The van der Waals surface area contributed by atoms with Crippen LogP contribution in [0.1, 0.15) is 19.8 Å². The first-order valence-electron chi connectivity index (χ1n) is 5.15. The fourth-order valence-electron chi connectivity index (χ4n) is 2.03. The molecule has 82 valence electrons. The summed E-state index contributed by atoms with van der Waals surface area (Å²) in [6.45, 7) is 3.19. The van der Waals surface area contributed by atoms with Crippen LogP contribution in [0, 0.1) is 0 Å². The van der Waals surface area contributed by atoms with Gasteiger partial charge in [-0.3, -0.25) is 0 Å². The van der Waals surface area contributed by atoms with Crippen molar-refractivity contribution in [1.29, 1.82) is 0 Å². The van der Waals surface area contributed by atoms with Gasteiger partial charge in [-0.1, -0.05) is 0 Å². The number of ether oxygens (including phenoxy) is 1. The zero-order chi connectivity index (χ0) is 10.8. The van der Waals surface area contributed by atoms with Crippen LogP contribution >= 0.6 is 0 Å². The van der Waals surface area contributed by atoms with Gasteiger partial charge in [0, 0.05) is 12.6 Å². The molecule has 1 aliphatic heterocycles. The molecular formula is C10H16N4O. The molecule has 0 aliphatic carbocycles. The number of anilines is 2. The van der Waals surface area contributed by atoms with Gasteiger partial charge >= 0.3 is 0 Å². The van der Waals surface area contributed by atoms with E-state index in [1.165, 1.54) is 19.2 Å². The molecule has 15 heavy (non-hydrogen) atoms. The highest BCUT2D eigenvalue weighted by atomic mass is 16.5. The topological polar surface area (TPSA) is 64.3 Å². The summed E-state index contributed by atoms with van der Waals surface area (Å²) in [7, 11) is 1.60. The number of methoxy groups -OCH3 is 1. The Kier molecular flexibility index (Phi) is 2.62. The predicted octanol–water partition coefficient (Wildman–Crippen LogP) is 1.06. The molecule has 1 unspecified atom stereocenters. The van der Waals surface area contributed by atoms with Gasteiger partial charge in [0.1, 0.15) is 6.33 Å². The van der Waals surface area contributed by atoms with E-state index < -0.39 is 0 Å². The van der Waals surface area contributed by atoms with Gasteiger partial charge in [-0.15, -0.1) is 0 Å². The average molecular weight is 208 g/mol. The van der Waals surface area contributed by atoms with Gasteiger partial charge in [0.2, 0.25) is 5.75 Å². The van der Waals surface area contributed by atoms with Crippen LogP contribution in [-0.2, 0) is 0 Å². The standard InChI is InChI=1S/C10H16N4O/c1-7-4-3-5-14(7)10-8(15-2)9(11)12-6-13-10/h6-7H,3-5H2,1-2H3,(H2,11,12,13). The molecule has 2 rings (SSSR count). The van der Waals surface area contributed by atoms with Crippen molar-refractivity contribution in [2.24, 2.45) is 0 Å². The Balaban J connectivity index is 2.38. The summed E-state index contributed by atoms with van der Waals surface area (Å²) < 4.78 is 5.25. The summed E-state index contributed by atoms with van der Waals surface area (Å²) in [6.07, 6.45) is 3.86. The molecule has 0 amide bonds. The Morgan fingerprint density at radius 1 is 1.53 bits per heavy atom. The van der Waals surface area contributed by atoms with Gasteiger partial charge in [-0.2, -0.15) is 0 Å². The number of nitrogen functional groups attached to an aromatic ring is 1. The second-order valence-corrected chi connectivity index (χ2v) is 3.80. The molecule has 1 atom stereocenters. The summed E-state index contributed by atoms with van der Waals surface area (Å²) >= 11 is 0. The molecule has 2 N–H and O–H groups in total. The van der Waals surface area contributed by atoms with Crippen molar-refractivity contribution in [2.75, 3.05) is 24.3 Å². The normalized spacial score (nSPS) is 20.7. The number of rotatable bonds is 2. The summed E-state index contributed by atoms with van der Waals surface area (Å²) in [5.41, 5.74) is 5.74. The Bertz CT molecular complexity index is 355. The van der Waals surface area contributed by atoms with Crippen LogP contribution in [0.5, 0.6) is 5.75 Å². The largest absolute Gasteiger partial charge is 0.490 e. The van der Waals surface area contributed by atoms with E-state index in [1.807, 2.05) is 0 Å². The SMILES string of the molecule is COc1c(N)ncnc1N1CCCC1C. The molecule has 0 radical (unpaired) electrons. The van der Waals surface area contributed by atoms with E-state index in [2.05, 4.69) is 21.8 Å². The second kappa shape index (κ2) is 3.92. The smallest absolute Gasteiger partial charge is 0.204 e. The highest BCUT2D eigenvalue weighted by Gasteiger charge is 2.25. The van der Waals surface area contributed by atoms with E-state index >= 15 is 0 Å². The molecule has 5 heteroatoms. The number of hydrogen-bond acceptors (Lipinski definition) is 5. The Hall–Kier alpha value is -1.52. The van der Waals surface area contributed by atoms with Crippen LogP contribution in [0.4, 0.5) is 11.6 Å². The quantitative estimate of drug-likeness (QED) is 0.787. The number of hydrogen-bond donors (Lipinski definition) is 1. The van der Waals surface area contributed by atoms with Crippen molar-refractivity contribution in [3.63, 3.8) is 0 Å². The number of nitrogens with two attached hydrogens (primary N) is 1. The zero-order valence-electron chi connectivity index (χ0n) is 9.10. The highest BCUT2D eigenvalue weighted by Crippen LogP contribution is 2.33.